The summed E-state index contributed by atoms with van der Waals surface area (Å²) in [6.45, 7) is 7.64. The molecule has 2 aromatic carbocycles. The van der Waals surface area contributed by atoms with Gasteiger partial charge in [-0.25, -0.2) is 0 Å². The molecule has 1 fully saturated rings. The smallest absolute Gasteiger partial charge is 0.200 e. The summed E-state index contributed by atoms with van der Waals surface area (Å²) in [7, 11) is 2.15. The van der Waals surface area contributed by atoms with Crippen molar-refractivity contribution >= 4 is 22.6 Å². The molecule has 1 aliphatic rings. The summed E-state index contributed by atoms with van der Waals surface area (Å²) < 4.78 is 11.9. The molecule has 0 amide bonds. The van der Waals surface area contributed by atoms with Crippen LogP contribution in [-0.2, 0) is 0 Å². The van der Waals surface area contributed by atoms with E-state index in [9.17, 15) is 4.79 Å². The fourth-order valence-electron chi connectivity index (χ4n) is 3.69. The molecule has 0 saturated carbocycles. The van der Waals surface area contributed by atoms with Crippen LogP contribution in [0.3, 0.4) is 0 Å². The number of nitrogens with zero attached hydrogens (tertiary/aromatic N) is 2. The molecular formula is C23H25ClN2O3. The molecular weight excluding hydrogens is 388 g/mol. The van der Waals surface area contributed by atoms with Gasteiger partial charge in [0.1, 0.15) is 23.7 Å². The highest BCUT2D eigenvalue weighted by atomic mass is 35.5. The minimum atomic E-state index is -0.0462. The van der Waals surface area contributed by atoms with Gasteiger partial charge < -0.3 is 14.1 Å². The predicted octanol–water partition coefficient (Wildman–Crippen LogP) is 4.05. The van der Waals surface area contributed by atoms with Gasteiger partial charge in [0, 0.05) is 43.8 Å². The lowest BCUT2D eigenvalue weighted by Gasteiger charge is -2.32. The summed E-state index contributed by atoms with van der Waals surface area (Å²) >= 11 is 5.97. The summed E-state index contributed by atoms with van der Waals surface area (Å²) in [5.41, 5.74) is 1.87. The van der Waals surface area contributed by atoms with Crippen LogP contribution in [0.25, 0.3) is 22.1 Å². The van der Waals surface area contributed by atoms with Gasteiger partial charge in [0.05, 0.1) is 10.9 Å². The first-order chi connectivity index (χ1) is 14.0. The second-order valence-electron chi connectivity index (χ2n) is 7.52. The number of halogens is 1. The molecule has 5 nitrogen and oxygen atoms in total. The molecule has 3 aromatic rings. The molecule has 1 aliphatic heterocycles. The second kappa shape index (κ2) is 8.57. The van der Waals surface area contributed by atoms with Crippen molar-refractivity contribution in [2.24, 2.45) is 0 Å². The maximum atomic E-state index is 13.0. The summed E-state index contributed by atoms with van der Waals surface area (Å²) in [5, 5.41) is 1.18. The standard InChI is InChI=1S/C23H25ClN2O3/c1-16-22(17-3-5-18(24)6-4-17)23(27)20-8-7-19(15-21(20)29-16)28-14-13-26-11-9-25(2)10-12-26/h3-8,15H,9-14H2,1-2H3. The zero-order chi connectivity index (χ0) is 20.4. The Morgan fingerprint density at radius 1 is 1.07 bits per heavy atom. The Hall–Kier alpha value is -2.34. The van der Waals surface area contributed by atoms with Crippen molar-refractivity contribution in [2.75, 3.05) is 46.4 Å². The van der Waals surface area contributed by atoms with Gasteiger partial charge in [0.15, 0.2) is 0 Å². The number of likely N-dealkylation sites (N-methyl/N-ethyl adjacent to an activating group) is 1. The van der Waals surface area contributed by atoms with Crippen molar-refractivity contribution in [2.45, 2.75) is 6.92 Å². The third-order valence-electron chi connectivity index (χ3n) is 5.44. The first-order valence-corrected chi connectivity index (χ1v) is 10.3. The van der Waals surface area contributed by atoms with E-state index >= 15 is 0 Å². The Morgan fingerprint density at radius 3 is 2.52 bits per heavy atom. The number of aryl methyl sites for hydroxylation is 1. The zero-order valence-electron chi connectivity index (χ0n) is 16.8. The van der Waals surface area contributed by atoms with Crippen LogP contribution < -0.4 is 10.2 Å². The molecule has 0 radical (unpaired) electrons. The van der Waals surface area contributed by atoms with E-state index in [1.165, 1.54) is 0 Å². The number of benzene rings is 2. The maximum absolute atomic E-state index is 13.0. The minimum Gasteiger partial charge on any atom is -0.492 e. The topological polar surface area (TPSA) is 45.9 Å². The van der Waals surface area contributed by atoms with Gasteiger partial charge in [0.2, 0.25) is 5.43 Å². The molecule has 0 N–H and O–H groups in total. The molecule has 1 aromatic heterocycles. The van der Waals surface area contributed by atoms with Crippen LogP contribution in [0.2, 0.25) is 5.02 Å². The van der Waals surface area contributed by atoms with Crippen molar-refractivity contribution < 1.29 is 9.15 Å². The Balaban J connectivity index is 1.52. The highest BCUT2D eigenvalue weighted by Gasteiger charge is 2.15. The van der Waals surface area contributed by atoms with Crippen LogP contribution in [0.4, 0.5) is 0 Å². The van der Waals surface area contributed by atoms with Gasteiger partial charge in [-0.2, -0.15) is 0 Å². The predicted molar refractivity (Wildman–Crippen MR) is 117 cm³/mol. The minimum absolute atomic E-state index is 0.0462. The number of hydrogen-bond donors (Lipinski definition) is 0. The molecule has 0 aliphatic carbocycles. The Bertz CT molecular complexity index is 1050. The van der Waals surface area contributed by atoms with E-state index in [0.29, 0.717) is 39.7 Å². The van der Waals surface area contributed by atoms with E-state index in [0.717, 1.165) is 38.3 Å². The third kappa shape index (κ3) is 4.47. The van der Waals surface area contributed by atoms with Crippen LogP contribution in [0, 0.1) is 6.92 Å². The molecule has 6 heteroatoms. The Labute approximate surface area is 175 Å². The van der Waals surface area contributed by atoms with E-state index in [4.69, 9.17) is 20.8 Å². The second-order valence-corrected chi connectivity index (χ2v) is 7.96. The van der Waals surface area contributed by atoms with Crippen LogP contribution in [0.15, 0.2) is 51.7 Å². The molecule has 0 unspecified atom stereocenters. The fraction of sp³-hybridized carbons (Fsp3) is 0.348. The monoisotopic (exact) mass is 412 g/mol. The van der Waals surface area contributed by atoms with E-state index in [1.54, 1.807) is 24.3 Å². The van der Waals surface area contributed by atoms with E-state index in [1.807, 2.05) is 25.1 Å². The van der Waals surface area contributed by atoms with E-state index in [2.05, 4.69) is 16.8 Å². The van der Waals surface area contributed by atoms with Crippen LogP contribution >= 0.6 is 11.6 Å². The van der Waals surface area contributed by atoms with Gasteiger partial charge in [-0.3, -0.25) is 9.69 Å². The lowest BCUT2D eigenvalue weighted by molar-refractivity contribution is 0.134. The van der Waals surface area contributed by atoms with Crippen LogP contribution in [0.5, 0.6) is 5.75 Å². The molecule has 0 spiro atoms. The molecule has 0 atom stereocenters. The quantitative estimate of drug-likeness (QED) is 0.632. The highest BCUT2D eigenvalue weighted by molar-refractivity contribution is 6.30. The van der Waals surface area contributed by atoms with E-state index < -0.39 is 0 Å². The number of rotatable bonds is 5. The largest absolute Gasteiger partial charge is 0.492 e. The Kier molecular flexibility index (Phi) is 5.90. The first-order valence-electron chi connectivity index (χ1n) is 9.88. The Morgan fingerprint density at radius 2 is 1.79 bits per heavy atom. The van der Waals surface area contributed by atoms with Gasteiger partial charge in [-0.05, 0) is 43.8 Å². The average molecular weight is 413 g/mol. The van der Waals surface area contributed by atoms with Crippen molar-refractivity contribution in [3.63, 3.8) is 0 Å². The normalized spacial score (nSPS) is 15.7. The van der Waals surface area contributed by atoms with Crippen molar-refractivity contribution in [1.82, 2.24) is 9.80 Å². The summed E-state index contributed by atoms with van der Waals surface area (Å²) in [6.07, 6.45) is 0. The maximum Gasteiger partial charge on any atom is 0.200 e. The van der Waals surface area contributed by atoms with Gasteiger partial charge >= 0.3 is 0 Å². The first kappa shape index (κ1) is 20.0. The molecule has 4 rings (SSSR count). The molecule has 152 valence electrons. The number of piperazine rings is 1. The average Bonchev–Trinajstić information content (AvgIpc) is 2.71. The van der Waals surface area contributed by atoms with Crippen LogP contribution in [-0.4, -0.2) is 56.2 Å². The van der Waals surface area contributed by atoms with Crippen molar-refractivity contribution in [1.29, 1.82) is 0 Å². The van der Waals surface area contributed by atoms with Crippen molar-refractivity contribution in [3.05, 3.63) is 63.5 Å². The number of ether oxygens (including phenoxy) is 1. The summed E-state index contributed by atoms with van der Waals surface area (Å²) in [6, 6.07) is 12.6. The summed E-state index contributed by atoms with van der Waals surface area (Å²) in [4.78, 5) is 17.8. The lowest BCUT2D eigenvalue weighted by Crippen LogP contribution is -2.45. The molecule has 29 heavy (non-hydrogen) atoms. The summed E-state index contributed by atoms with van der Waals surface area (Å²) in [5.74, 6) is 1.30. The lowest BCUT2D eigenvalue weighted by atomic mass is 10.0. The number of fused-ring (bicyclic) bond motifs is 1. The SMILES string of the molecule is Cc1oc2cc(OCCN3CCN(C)CC3)ccc2c(=O)c1-c1ccc(Cl)cc1. The van der Waals surface area contributed by atoms with Crippen LogP contribution in [0.1, 0.15) is 5.76 Å². The number of hydrogen-bond acceptors (Lipinski definition) is 5. The molecule has 1 saturated heterocycles. The highest BCUT2D eigenvalue weighted by Crippen LogP contribution is 2.27. The van der Waals surface area contributed by atoms with Crippen molar-refractivity contribution in [3.8, 4) is 16.9 Å². The van der Waals surface area contributed by atoms with Gasteiger partial charge in [-0.1, -0.05) is 23.7 Å². The van der Waals surface area contributed by atoms with Gasteiger partial charge in [-0.15, -0.1) is 0 Å². The fourth-order valence-corrected chi connectivity index (χ4v) is 3.82. The van der Waals surface area contributed by atoms with E-state index in [-0.39, 0.29) is 5.43 Å². The molecule has 2 heterocycles. The van der Waals surface area contributed by atoms with Gasteiger partial charge in [0.25, 0.3) is 0 Å². The molecule has 0 bridgehead atoms. The third-order valence-corrected chi connectivity index (χ3v) is 5.70. The zero-order valence-corrected chi connectivity index (χ0v) is 17.5.